The second-order valence-corrected chi connectivity index (χ2v) is 8.19. The largest absolute Gasteiger partial charge is 0.451 e. The van der Waals surface area contributed by atoms with Gasteiger partial charge in [-0.25, -0.2) is 4.98 Å². The van der Waals surface area contributed by atoms with Crippen molar-refractivity contribution in [2.45, 2.75) is 13.0 Å². The van der Waals surface area contributed by atoms with Gasteiger partial charge in [0.25, 0.3) is 5.91 Å². The predicted molar refractivity (Wildman–Crippen MR) is 127 cm³/mol. The van der Waals surface area contributed by atoms with Crippen LogP contribution in [-0.4, -0.2) is 51.4 Å². The molecule has 32 heavy (non-hydrogen) atoms. The molecule has 5 rings (SSSR count). The Morgan fingerprint density at radius 1 is 1.03 bits per heavy atom. The summed E-state index contributed by atoms with van der Waals surface area (Å²) in [5.41, 5.74) is 3.12. The number of amides is 1. The van der Waals surface area contributed by atoms with Crippen LogP contribution in [0, 0.1) is 6.92 Å². The minimum absolute atomic E-state index is 0. The summed E-state index contributed by atoms with van der Waals surface area (Å²) < 4.78 is 7.91. The highest BCUT2D eigenvalue weighted by molar-refractivity contribution is 5.96. The third-order valence-corrected chi connectivity index (χ3v) is 6.07. The molecule has 1 unspecified atom stereocenters. The number of nitrogens with zero attached hydrogens (tertiary/aromatic N) is 4. The van der Waals surface area contributed by atoms with Crippen LogP contribution in [0.15, 0.2) is 71.4 Å². The average Bonchev–Trinajstić information content (AvgIpc) is 3.41. The number of aromatic nitrogens is 2. The smallest absolute Gasteiger partial charge is 0.289 e. The van der Waals surface area contributed by atoms with Crippen molar-refractivity contribution in [2.75, 3.05) is 26.2 Å². The number of furan rings is 1. The second-order valence-electron chi connectivity index (χ2n) is 8.19. The first-order valence-corrected chi connectivity index (χ1v) is 10.7. The van der Waals surface area contributed by atoms with E-state index in [-0.39, 0.29) is 24.4 Å². The molecule has 1 aliphatic heterocycles. The molecule has 1 atom stereocenters. The first kappa shape index (κ1) is 22.1. The van der Waals surface area contributed by atoms with Crippen LogP contribution in [0.25, 0.3) is 11.0 Å². The van der Waals surface area contributed by atoms with Crippen LogP contribution in [-0.2, 0) is 7.05 Å². The lowest BCUT2D eigenvalue weighted by Crippen LogP contribution is -2.50. The van der Waals surface area contributed by atoms with E-state index in [1.54, 1.807) is 0 Å². The summed E-state index contributed by atoms with van der Waals surface area (Å²) >= 11 is 0. The van der Waals surface area contributed by atoms with Gasteiger partial charge < -0.3 is 13.9 Å². The molecule has 1 amide bonds. The molecule has 0 aliphatic carbocycles. The predicted octanol–water partition coefficient (Wildman–Crippen LogP) is 4.44. The van der Waals surface area contributed by atoms with E-state index >= 15 is 0 Å². The van der Waals surface area contributed by atoms with Gasteiger partial charge in [-0.05, 0) is 30.7 Å². The maximum Gasteiger partial charge on any atom is 0.289 e. The molecule has 3 heterocycles. The third kappa shape index (κ3) is 4.16. The van der Waals surface area contributed by atoms with Gasteiger partial charge in [-0.2, -0.15) is 0 Å². The van der Waals surface area contributed by atoms with Gasteiger partial charge in [-0.1, -0.05) is 42.0 Å². The van der Waals surface area contributed by atoms with Crippen LogP contribution in [0.1, 0.15) is 33.5 Å². The normalized spacial score (nSPS) is 15.5. The van der Waals surface area contributed by atoms with Crippen LogP contribution in [0.3, 0.4) is 0 Å². The number of carbonyl (C=O) groups is 1. The number of imidazole rings is 1. The van der Waals surface area contributed by atoms with Crippen molar-refractivity contribution < 1.29 is 9.21 Å². The number of aryl methyl sites for hydroxylation is 2. The van der Waals surface area contributed by atoms with E-state index in [4.69, 9.17) is 4.42 Å². The average molecular weight is 451 g/mol. The maximum atomic E-state index is 13.1. The van der Waals surface area contributed by atoms with E-state index in [1.807, 2.05) is 61.6 Å². The molecular formula is C25H27ClN4O2. The van der Waals surface area contributed by atoms with Gasteiger partial charge in [-0.3, -0.25) is 9.69 Å². The summed E-state index contributed by atoms with van der Waals surface area (Å²) in [5, 5.41) is 0.973. The SMILES string of the molecule is Cc1ccc2oc(C(=O)N3CCN(C(c4ccccc4)c4nccn4C)CC3)cc2c1.Cl. The van der Waals surface area contributed by atoms with Crippen molar-refractivity contribution in [2.24, 2.45) is 7.05 Å². The molecule has 0 saturated carbocycles. The van der Waals surface area contributed by atoms with Crippen molar-refractivity contribution in [3.63, 3.8) is 0 Å². The minimum Gasteiger partial charge on any atom is -0.451 e. The number of halogens is 1. The number of fused-ring (bicyclic) bond motifs is 1. The number of hydrogen-bond donors (Lipinski definition) is 0. The molecule has 0 bridgehead atoms. The monoisotopic (exact) mass is 450 g/mol. The molecule has 1 aliphatic rings. The van der Waals surface area contributed by atoms with Crippen LogP contribution in [0.5, 0.6) is 0 Å². The molecule has 0 N–H and O–H groups in total. The zero-order chi connectivity index (χ0) is 21.4. The van der Waals surface area contributed by atoms with E-state index in [0.29, 0.717) is 18.8 Å². The molecule has 4 aromatic rings. The molecule has 6 nitrogen and oxygen atoms in total. The van der Waals surface area contributed by atoms with E-state index in [1.165, 1.54) is 5.56 Å². The Hall–Kier alpha value is -3.09. The van der Waals surface area contributed by atoms with E-state index in [0.717, 1.165) is 35.4 Å². The zero-order valence-corrected chi connectivity index (χ0v) is 19.1. The highest BCUT2D eigenvalue weighted by Crippen LogP contribution is 2.29. The maximum absolute atomic E-state index is 13.1. The number of piperazine rings is 1. The summed E-state index contributed by atoms with van der Waals surface area (Å²) in [4.78, 5) is 22.0. The number of carbonyl (C=O) groups excluding carboxylic acids is 1. The first-order chi connectivity index (χ1) is 15.1. The molecule has 0 spiro atoms. The van der Waals surface area contributed by atoms with Crippen LogP contribution in [0.2, 0.25) is 0 Å². The molecule has 166 valence electrons. The second kappa shape index (κ2) is 9.18. The van der Waals surface area contributed by atoms with Crippen molar-refractivity contribution in [1.29, 1.82) is 0 Å². The summed E-state index contributed by atoms with van der Waals surface area (Å²) in [6, 6.07) is 18.3. The Bertz CT molecular complexity index is 1210. The Morgan fingerprint density at radius 3 is 2.47 bits per heavy atom. The topological polar surface area (TPSA) is 54.5 Å². The quantitative estimate of drug-likeness (QED) is 0.461. The van der Waals surface area contributed by atoms with Gasteiger partial charge in [0.2, 0.25) is 0 Å². The highest BCUT2D eigenvalue weighted by Gasteiger charge is 2.31. The van der Waals surface area contributed by atoms with Crippen molar-refractivity contribution in [3.05, 3.63) is 89.7 Å². The Labute approximate surface area is 193 Å². The number of rotatable bonds is 4. The molecular weight excluding hydrogens is 424 g/mol. The fraction of sp³-hybridized carbons (Fsp3) is 0.280. The summed E-state index contributed by atoms with van der Waals surface area (Å²) in [7, 11) is 2.03. The third-order valence-electron chi connectivity index (χ3n) is 6.07. The van der Waals surface area contributed by atoms with Gasteiger partial charge >= 0.3 is 0 Å². The lowest BCUT2D eigenvalue weighted by atomic mass is 10.0. The van der Waals surface area contributed by atoms with Gasteiger partial charge in [0.1, 0.15) is 11.4 Å². The molecule has 0 radical (unpaired) electrons. The molecule has 2 aromatic heterocycles. The van der Waals surface area contributed by atoms with Gasteiger partial charge in [0.05, 0.1) is 6.04 Å². The molecule has 2 aromatic carbocycles. The summed E-state index contributed by atoms with van der Waals surface area (Å²) in [6.45, 7) is 4.90. The summed E-state index contributed by atoms with van der Waals surface area (Å²) in [6.07, 6.45) is 3.82. The van der Waals surface area contributed by atoms with Gasteiger partial charge in [0, 0.05) is 51.0 Å². The van der Waals surface area contributed by atoms with Crippen molar-refractivity contribution >= 4 is 29.3 Å². The van der Waals surface area contributed by atoms with E-state index in [9.17, 15) is 4.79 Å². The van der Waals surface area contributed by atoms with Gasteiger partial charge in [-0.15, -0.1) is 12.4 Å². The fourth-order valence-electron chi connectivity index (χ4n) is 4.41. The van der Waals surface area contributed by atoms with Crippen LogP contribution < -0.4 is 0 Å². The van der Waals surface area contributed by atoms with Gasteiger partial charge in [0.15, 0.2) is 5.76 Å². The first-order valence-electron chi connectivity index (χ1n) is 10.7. The number of benzene rings is 2. The minimum atomic E-state index is -0.0400. The Morgan fingerprint density at radius 2 is 1.78 bits per heavy atom. The lowest BCUT2D eigenvalue weighted by Gasteiger charge is -2.39. The highest BCUT2D eigenvalue weighted by atomic mass is 35.5. The lowest BCUT2D eigenvalue weighted by molar-refractivity contribution is 0.0563. The van der Waals surface area contributed by atoms with Crippen LogP contribution in [0.4, 0.5) is 0 Å². The van der Waals surface area contributed by atoms with Crippen molar-refractivity contribution in [3.8, 4) is 0 Å². The fourth-order valence-corrected chi connectivity index (χ4v) is 4.41. The standard InChI is InChI=1S/C25H26N4O2.ClH/c1-18-8-9-21-20(16-18)17-22(31-21)25(30)29-14-12-28(13-15-29)23(19-6-4-3-5-7-19)24-26-10-11-27(24)2;/h3-11,16-17,23H,12-15H2,1-2H3;1H. The molecule has 7 heteroatoms. The molecule has 1 fully saturated rings. The Kier molecular flexibility index (Phi) is 6.35. The molecule has 1 saturated heterocycles. The number of hydrogen-bond acceptors (Lipinski definition) is 4. The van der Waals surface area contributed by atoms with E-state index < -0.39 is 0 Å². The Balaban J connectivity index is 0.00000245. The van der Waals surface area contributed by atoms with Crippen molar-refractivity contribution in [1.82, 2.24) is 19.4 Å². The van der Waals surface area contributed by atoms with Crippen LogP contribution >= 0.6 is 12.4 Å². The summed E-state index contributed by atoms with van der Waals surface area (Å²) in [5.74, 6) is 1.39. The van der Waals surface area contributed by atoms with E-state index in [2.05, 4.69) is 38.7 Å². The zero-order valence-electron chi connectivity index (χ0n) is 18.3.